The summed E-state index contributed by atoms with van der Waals surface area (Å²) in [7, 11) is 3.07. The number of esters is 1. The molecule has 0 saturated carbocycles. The molecule has 3 rings (SSSR count). The highest BCUT2D eigenvalue weighted by Crippen LogP contribution is 2.28. The molecule has 0 spiro atoms. The van der Waals surface area contributed by atoms with E-state index in [2.05, 4.69) is 15.3 Å². The van der Waals surface area contributed by atoms with E-state index in [1.165, 1.54) is 25.1 Å². The average molecular weight is 530 g/mol. The first-order valence-electron chi connectivity index (χ1n) is 11.7. The molecule has 198 valence electrons. The van der Waals surface area contributed by atoms with Crippen LogP contribution in [0.15, 0.2) is 49.2 Å². The molecule has 0 aliphatic heterocycles. The van der Waals surface area contributed by atoms with Crippen molar-refractivity contribution < 1.29 is 28.6 Å². The van der Waals surface area contributed by atoms with Gasteiger partial charge in [0, 0.05) is 39.5 Å². The van der Waals surface area contributed by atoms with Crippen molar-refractivity contribution in [3.8, 4) is 5.75 Å². The molecule has 0 aliphatic carbocycles. The molecule has 3 aromatic rings. The maximum atomic E-state index is 13.1. The van der Waals surface area contributed by atoms with Crippen molar-refractivity contribution in [2.75, 3.05) is 38.8 Å². The number of anilines is 1. The van der Waals surface area contributed by atoms with Gasteiger partial charge in [-0.25, -0.2) is 9.97 Å². The van der Waals surface area contributed by atoms with Gasteiger partial charge in [-0.1, -0.05) is 23.5 Å². The van der Waals surface area contributed by atoms with Crippen LogP contribution in [-0.2, 0) is 25.6 Å². The van der Waals surface area contributed by atoms with E-state index in [1.54, 1.807) is 43.9 Å². The van der Waals surface area contributed by atoms with Crippen LogP contribution >= 0.6 is 11.3 Å². The minimum Gasteiger partial charge on any atom is -0.497 e. The molecule has 2 amide bonds. The van der Waals surface area contributed by atoms with E-state index in [1.807, 2.05) is 10.8 Å². The lowest BCUT2D eigenvalue weighted by Gasteiger charge is -2.26. The number of imidazole rings is 1. The molecule has 12 heteroatoms. The highest BCUT2D eigenvalue weighted by molar-refractivity contribution is 7.17. The van der Waals surface area contributed by atoms with Crippen LogP contribution in [0.1, 0.15) is 41.1 Å². The maximum Gasteiger partial charge on any atom is 0.303 e. The number of nitrogens with zero attached hydrogens (tertiary/aromatic N) is 4. The molecule has 0 radical (unpaired) electrons. The fraction of sp³-hybridized carbons (Fsp3) is 0.400. The second-order valence-corrected chi connectivity index (χ2v) is 9.04. The zero-order chi connectivity index (χ0) is 26.6. The summed E-state index contributed by atoms with van der Waals surface area (Å²) >= 11 is 1.09. The molecule has 0 bridgehead atoms. The van der Waals surface area contributed by atoms with Gasteiger partial charge in [0.15, 0.2) is 5.13 Å². The maximum absolute atomic E-state index is 13.1. The van der Waals surface area contributed by atoms with E-state index < -0.39 is 12.1 Å². The normalized spacial score (nSPS) is 11.5. The summed E-state index contributed by atoms with van der Waals surface area (Å²) in [6.07, 6.45) is 6.82. The standard InChI is InChI=1S/C25H31N5O6S/c1-18(31)36-21(19-5-7-20(35-3)8-6-19)16-30(23(32)9-14-34-2)25-28-15-22(37-25)24(33)27-10-4-12-29-13-11-26-17-29/h5-8,11,13,15,17,21H,4,9-10,12,14,16H2,1-3H3,(H,27,33). The van der Waals surface area contributed by atoms with Gasteiger partial charge < -0.3 is 24.1 Å². The smallest absolute Gasteiger partial charge is 0.303 e. The van der Waals surface area contributed by atoms with Gasteiger partial charge in [-0.15, -0.1) is 0 Å². The molecule has 11 nitrogen and oxygen atoms in total. The summed E-state index contributed by atoms with van der Waals surface area (Å²) < 4.78 is 17.8. The van der Waals surface area contributed by atoms with Gasteiger partial charge in [-0.3, -0.25) is 19.3 Å². The number of carbonyl (C=O) groups is 3. The lowest BCUT2D eigenvalue weighted by atomic mass is 10.1. The number of methoxy groups -OCH3 is 2. The summed E-state index contributed by atoms with van der Waals surface area (Å²) in [6.45, 7) is 2.76. The van der Waals surface area contributed by atoms with Crippen molar-refractivity contribution in [3.63, 3.8) is 0 Å². The SMILES string of the molecule is COCCC(=O)N(CC(OC(C)=O)c1ccc(OC)cc1)c1ncc(C(=O)NCCCn2ccnc2)s1. The number of aromatic nitrogens is 3. The van der Waals surface area contributed by atoms with Crippen molar-refractivity contribution >= 4 is 34.3 Å². The molecule has 37 heavy (non-hydrogen) atoms. The van der Waals surface area contributed by atoms with E-state index in [9.17, 15) is 14.4 Å². The van der Waals surface area contributed by atoms with Gasteiger partial charge in [-0.2, -0.15) is 0 Å². The van der Waals surface area contributed by atoms with E-state index in [-0.39, 0.29) is 31.4 Å². The van der Waals surface area contributed by atoms with Crippen LogP contribution in [0.5, 0.6) is 5.75 Å². The number of ether oxygens (including phenoxy) is 3. The van der Waals surface area contributed by atoms with Crippen LogP contribution in [0.2, 0.25) is 0 Å². The molecule has 1 aromatic carbocycles. The predicted molar refractivity (Wildman–Crippen MR) is 138 cm³/mol. The molecule has 1 N–H and O–H groups in total. The lowest BCUT2D eigenvalue weighted by Crippen LogP contribution is -2.36. The molecular weight excluding hydrogens is 498 g/mol. The molecule has 2 heterocycles. The number of benzene rings is 1. The first-order chi connectivity index (χ1) is 17.9. The monoisotopic (exact) mass is 529 g/mol. The van der Waals surface area contributed by atoms with Crippen LogP contribution in [0.3, 0.4) is 0 Å². The molecule has 2 aromatic heterocycles. The van der Waals surface area contributed by atoms with E-state index in [0.717, 1.165) is 24.3 Å². The van der Waals surface area contributed by atoms with Crippen molar-refractivity contribution in [2.24, 2.45) is 0 Å². The Bertz CT molecular complexity index is 1150. The number of nitrogens with one attached hydrogen (secondary N) is 1. The topological polar surface area (TPSA) is 125 Å². The first kappa shape index (κ1) is 27.8. The summed E-state index contributed by atoms with van der Waals surface area (Å²) in [4.78, 5) is 47.8. The minimum atomic E-state index is -0.751. The van der Waals surface area contributed by atoms with Gasteiger partial charge in [0.2, 0.25) is 5.91 Å². The number of amides is 2. The second-order valence-electron chi connectivity index (χ2n) is 8.04. The Morgan fingerprint density at radius 3 is 2.62 bits per heavy atom. The van der Waals surface area contributed by atoms with Crippen molar-refractivity contribution in [3.05, 3.63) is 59.6 Å². The van der Waals surface area contributed by atoms with Crippen LogP contribution in [0.4, 0.5) is 5.13 Å². The van der Waals surface area contributed by atoms with Crippen molar-refractivity contribution in [2.45, 2.75) is 32.4 Å². The second kappa shape index (κ2) is 14.1. The van der Waals surface area contributed by atoms with Crippen LogP contribution in [-0.4, -0.2) is 66.2 Å². The molecule has 0 aliphatic rings. The highest BCUT2D eigenvalue weighted by Gasteiger charge is 2.27. The first-order valence-corrected chi connectivity index (χ1v) is 12.5. The Labute approximate surface area is 219 Å². The zero-order valence-electron chi connectivity index (χ0n) is 21.1. The van der Waals surface area contributed by atoms with Gasteiger partial charge >= 0.3 is 5.97 Å². The van der Waals surface area contributed by atoms with Gasteiger partial charge in [0.1, 0.15) is 16.7 Å². The number of hydrogen-bond donors (Lipinski definition) is 1. The third-order valence-corrected chi connectivity index (χ3v) is 6.37. The number of rotatable bonds is 14. The van der Waals surface area contributed by atoms with E-state index >= 15 is 0 Å². The van der Waals surface area contributed by atoms with Crippen LogP contribution < -0.4 is 15.0 Å². The number of carbonyl (C=O) groups excluding carboxylic acids is 3. The Kier molecular flexibility index (Phi) is 10.6. The van der Waals surface area contributed by atoms with Gasteiger partial charge in [-0.05, 0) is 24.1 Å². The summed E-state index contributed by atoms with van der Waals surface area (Å²) in [6, 6.07) is 7.05. The van der Waals surface area contributed by atoms with Crippen LogP contribution in [0, 0.1) is 0 Å². The van der Waals surface area contributed by atoms with Crippen LogP contribution in [0.25, 0.3) is 0 Å². The molecule has 0 fully saturated rings. The van der Waals surface area contributed by atoms with Crippen molar-refractivity contribution in [1.29, 1.82) is 0 Å². The summed E-state index contributed by atoms with van der Waals surface area (Å²) in [5.74, 6) is -0.376. The number of aryl methyl sites for hydroxylation is 1. The third kappa shape index (κ3) is 8.40. The third-order valence-electron chi connectivity index (χ3n) is 5.35. The van der Waals surface area contributed by atoms with E-state index in [0.29, 0.717) is 27.9 Å². The summed E-state index contributed by atoms with van der Waals surface area (Å²) in [5, 5.41) is 3.20. The Hall–Kier alpha value is -3.77. The quantitative estimate of drug-likeness (QED) is 0.250. The van der Waals surface area contributed by atoms with E-state index in [4.69, 9.17) is 14.2 Å². The fourth-order valence-electron chi connectivity index (χ4n) is 3.47. The largest absolute Gasteiger partial charge is 0.497 e. The molecule has 1 unspecified atom stereocenters. The number of hydrogen-bond acceptors (Lipinski definition) is 9. The Balaban J connectivity index is 1.73. The zero-order valence-corrected chi connectivity index (χ0v) is 21.9. The van der Waals surface area contributed by atoms with Gasteiger partial charge in [0.25, 0.3) is 5.91 Å². The molecule has 1 atom stereocenters. The highest BCUT2D eigenvalue weighted by atomic mass is 32.1. The Morgan fingerprint density at radius 2 is 1.97 bits per heavy atom. The van der Waals surface area contributed by atoms with Gasteiger partial charge in [0.05, 0.1) is 39.2 Å². The fourth-order valence-corrected chi connectivity index (χ4v) is 4.33. The lowest BCUT2D eigenvalue weighted by molar-refractivity contribution is -0.146. The Morgan fingerprint density at radius 1 is 1.19 bits per heavy atom. The summed E-state index contributed by atoms with van der Waals surface area (Å²) in [5.41, 5.74) is 0.688. The molecule has 0 saturated heterocycles. The minimum absolute atomic E-state index is 0.0218. The van der Waals surface area contributed by atoms with Crippen molar-refractivity contribution in [1.82, 2.24) is 19.9 Å². The molecular formula is C25H31N5O6S. The predicted octanol–water partition coefficient (Wildman–Crippen LogP) is 2.84. The number of thiazole rings is 1. The average Bonchev–Trinajstić information content (AvgIpc) is 3.60.